The maximum absolute atomic E-state index is 6.12. The fraction of sp³-hybridized carbons (Fsp3) is 0.667. The van der Waals surface area contributed by atoms with Crippen molar-refractivity contribution in [2.24, 2.45) is 0 Å². The molecule has 120 valence electrons. The first kappa shape index (κ1) is 18.3. The van der Waals surface area contributed by atoms with Crippen LogP contribution in [0.5, 0.6) is 5.75 Å². The average Bonchev–Trinajstić information content (AvgIpc) is 2.51. The van der Waals surface area contributed by atoms with Gasteiger partial charge in [-0.15, -0.1) is 0 Å². The standard InChI is InChI=1S/C18H30ClNO/c1-4-6-7-8-9-10-17(20-13-5-2)15-11-12-16(19)18(14-15)21-3/h11-12,14,17,20H,4-10,13H2,1-3H3. The molecule has 0 amide bonds. The first-order valence-corrected chi connectivity index (χ1v) is 8.67. The second-order valence-corrected chi connectivity index (χ2v) is 6.01. The zero-order chi connectivity index (χ0) is 15.5. The van der Waals surface area contributed by atoms with Gasteiger partial charge in [-0.2, -0.15) is 0 Å². The number of halogens is 1. The molecule has 0 aliphatic rings. The SMILES string of the molecule is CCCCCCCC(NCCC)c1ccc(Cl)c(OC)c1. The van der Waals surface area contributed by atoms with Crippen molar-refractivity contribution < 1.29 is 4.74 Å². The Morgan fingerprint density at radius 3 is 2.52 bits per heavy atom. The molecule has 1 aromatic rings. The average molecular weight is 312 g/mol. The topological polar surface area (TPSA) is 21.3 Å². The number of unbranched alkanes of at least 4 members (excludes halogenated alkanes) is 4. The molecule has 3 heteroatoms. The first-order valence-electron chi connectivity index (χ1n) is 8.29. The van der Waals surface area contributed by atoms with Crippen LogP contribution in [0.2, 0.25) is 5.02 Å². The minimum atomic E-state index is 0.401. The quantitative estimate of drug-likeness (QED) is 0.525. The number of methoxy groups -OCH3 is 1. The molecule has 0 fully saturated rings. The van der Waals surface area contributed by atoms with E-state index in [4.69, 9.17) is 16.3 Å². The van der Waals surface area contributed by atoms with Crippen molar-refractivity contribution in [1.82, 2.24) is 5.32 Å². The molecule has 2 nitrogen and oxygen atoms in total. The molecule has 0 aromatic heterocycles. The van der Waals surface area contributed by atoms with Crippen LogP contribution in [0.3, 0.4) is 0 Å². The maximum atomic E-state index is 6.12. The van der Waals surface area contributed by atoms with E-state index in [0.29, 0.717) is 11.1 Å². The number of rotatable bonds is 11. The van der Waals surface area contributed by atoms with Gasteiger partial charge in [-0.25, -0.2) is 0 Å². The molecule has 0 heterocycles. The van der Waals surface area contributed by atoms with Gasteiger partial charge in [-0.05, 0) is 37.1 Å². The van der Waals surface area contributed by atoms with Gasteiger partial charge in [0.2, 0.25) is 0 Å². The molecule has 0 aliphatic heterocycles. The summed E-state index contributed by atoms with van der Waals surface area (Å²) in [5.41, 5.74) is 1.28. The van der Waals surface area contributed by atoms with E-state index in [0.717, 1.165) is 18.7 Å². The van der Waals surface area contributed by atoms with Crippen LogP contribution in [-0.2, 0) is 0 Å². The van der Waals surface area contributed by atoms with E-state index in [2.05, 4.69) is 31.3 Å². The van der Waals surface area contributed by atoms with Crippen LogP contribution in [0.25, 0.3) is 0 Å². The van der Waals surface area contributed by atoms with Crippen molar-refractivity contribution in [1.29, 1.82) is 0 Å². The molecule has 0 saturated heterocycles. The molecular weight excluding hydrogens is 282 g/mol. The van der Waals surface area contributed by atoms with Crippen LogP contribution >= 0.6 is 11.6 Å². The summed E-state index contributed by atoms with van der Waals surface area (Å²) >= 11 is 6.12. The molecule has 0 saturated carbocycles. The summed E-state index contributed by atoms with van der Waals surface area (Å²) in [6, 6.07) is 6.53. The van der Waals surface area contributed by atoms with Gasteiger partial charge in [0.15, 0.2) is 0 Å². The van der Waals surface area contributed by atoms with Gasteiger partial charge in [-0.1, -0.05) is 63.6 Å². The second-order valence-electron chi connectivity index (χ2n) is 5.60. The van der Waals surface area contributed by atoms with Crippen LogP contribution in [0, 0.1) is 0 Å². The molecule has 0 spiro atoms. The summed E-state index contributed by atoms with van der Waals surface area (Å²) in [7, 11) is 1.67. The number of nitrogens with one attached hydrogen (secondary N) is 1. The fourth-order valence-electron chi connectivity index (χ4n) is 2.55. The number of hydrogen-bond donors (Lipinski definition) is 1. The van der Waals surface area contributed by atoms with Crippen molar-refractivity contribution >= 4 is 11.6 Å². The van der Waals surface area contributed by atoms with Crippen LogP contribution in [-0.4, -0.2) is 13.7 Å². The number of benzene rings is 1. The van der Waals surface area contributed by atoms with Crippen molar-refractivity contribution in [2.45, 2.75) is 64.8 Å². The Morgan fingerprint density at radius 2 is 1.86 bits per heavy atom. The molecule has 1 atom stereocenters. The fourth-order valence-corrected chi connectivity index (χ4v) is 2.74. The van der Waals surface area contributed by atoms with Gasteiger partial charge in [0.25, 0.3) is 0 Å². The van der Waals surface area contributed by atoms with E-state index in [9.17, 15) is 0 Å². The summed E-state index contributed by atoms with van der Waals surface area (Å²) in [5.74, 6) is 0.767. The highest BCUT2D eigenvalue weighted by molar-refractivity contribution is 6.32. The number of hydrogen-bond acceptors (Lipinski definition) is 2. The van der Waals surface area contributed by atoms with E-state index < -0.39 is 0 Å². The maximum Gasteiger partial charge on any atom is 0.137 e. The summed E-state index contributed by atoms with van der Waals surface area (Å²) in [6.45, 7) is 5.50. The molecule has 0 aliphatic carbocycles. The highest BCUT2D eigenvalue weighted by Gasteiger charge is 2.12. The zero-order valence-corrected chi connectivity index (χ0v) is 14.5. The van der Waals surface area contributed by atoms with Crippen LogP contribution in [0.4, 0.5) is 0 Å². The normalized spacial score (nSPS) is 12.4. The van der Waals surface area contributed by atoms with E-state index in [1.807, 2.05) is 6.07 Å². The van der Waals surface area contributed by atoms with Gasteiger partial charge < -0.3 is 10.1 Å². The minimum absolute atomic E-state index is 0.401. The van der Waals surface area contributed by atoms with E-state index in [-0.39, 0.29) is 0 Å². The Hall–Kier alpha value is -0.730. The van der Waals surface area contributed by atoms with Gasteiger partial charge in [-0.3, -0.25) is 0 Å². The summed E-state index contributed by atoms with van der Waals surface area (Å²) in [6.07, 6.45) is 8.91. The summed E-state index contributed by atoms with van der Waals surface area (Å²) in [5, 5.41) is 4.33. The molecule has 0 bridgehead atoms. The third-order valence-corrected chi connectivity index (χ3v) is 4.13. The lowest BCUT2D eigenvalue weighted by Gasteiger charge is -2.20. The highest BCUT2D eigenvalue weighted by Crippen LogP contribution is 2.29. The summed E-state index contributed by atoms with van der Waals surface area (Å²) < 4.78 is 5.34. The smallest absolute Gasteiger partial charge is 0.137 e. The Balaban J connectivity index is 2.63. The van der Waals surface area contributed by atoms with Crippen molar-refractivity contribution in [2.75, 3.05) is 13.7 Å². The zero-order valence-electron chi connectivity index (χ0n) is 13.8. The Bertz CT molecular complexity index is 395. The van der Waals surface area contributed by atoms with Gasteiger partial charge in [0.1, 0.15) is 5.75 Å². The van der Waals surface area contributed by atoms with Gasteiger partial charge in [0.05, 0.1) is 12.1 Å². The lowest BCUT2D eigenvalue weighted by Crippen LogP contribution is -2.22. The van der Waals surface area contributed by atoms with Crippen LogP contribution in [0.15, 0.2) is 18.2 Å². The van der Waals surface area contributed by atoms with E-state index >= 15 is 0 Å². The van der Waals surface area contributed by atoms with E-state index in [1.54, 1.807) is 7.11 Å². The predicted molar refractivity (Wildman–Crippen MR) is 92.4 cm³/mol. The van der Waals surface area contributed by atoms with Crippen molar-refractivity contribution in [3.63, 3.8) is 0 Å². The minimum Gasteiger partial charge on any atom is -0.495 e. The third-order valence-electron chi connectivity index (χ3n) is 3.81. The Morgan fingerprint density at radius 1 is 1.10 bits per heavy atom. The molecule has 1 unspecified atom stereocenters. The predicted octanol–water partition coefficient (Wildman–Crippen LogP) is 5.75. The van der Waals surface area contributed by atoms with Crippen molar-refractivity contribution in [3.05, 3.63) is 28.8 Å². The molecule has 21 heavy (non-hydrogen) atoms. The third kappa shape index (κ3) is 6.71. The second kappa shape index (κ2) is 10.9. The van der Waals surface area contributed by atoms with Crippen molar-refractivity contribution in [3.8, 4) is 5.75 Å². The molecule has 1 aromatic carbocycles. The molecule has 1 rings (SSSR count). The highest BCUT2D eigenvalue weighted by atomic mass is 35.5. The lowest BCUT2D eigenvalue weighted by molar-refractivity contribution is 0.411. The van der Waals surface area contributed by atoms with Gasteiger partial charge >= 0.3 is 0 Å². The largest absolute Gasteiger partial charge is 0.495 e. The first-order chi connectivity index (χ1) is 10.2. The van der Waals surface area contributed by atoms with Crippen LogP contribution < -0.4 is 10.1 Å². The number of ether oxygens (including phenoxy) is 1. The van der Waals surface area contributed by atoms with E-state index in [1.165, 1.54) is 44.1 Å². The lowest BCUT2D eigenvalue weighted by atomic mass is 9.99. The monoisotopic (exact) mass is 311 g/mol. The molecular formula is C18H30ClNO. The molecule has 1 N–H and O–H groups in total. The Kier molecular flexibility index (Phi) is 9.53. The summed E-state index contributed by atoms with van der Waals surface area (Å²) in [4.78, 5) is 0. The molecule has 0 radical (unpaired) electrons. The van der Waals surface area contributed by atoms with Gasteiger partial charge in [0, 0.05) is 6.04 Å². The van der Waals surface area contributed by atoms with Crippen LogP contribution in [0.1, 0.15) is 70.4 Å². The Labute approximate surface area is 135 Å².